The molecule has 1 aromatic heterocycles. The zero-order valence-electron chi connectivity index (χ0n) is 16.9. The van der Waals surface area contributed by atoms with E-state index in [0.717, 1.165) is 16.8 Å². The number of nitrogens with zero attached hydrogens (tertiary/aromatic N) is 3. The van der Waals surface area contributed by atoms with Crippen LogP contribution in [-0.2, 0) is 11.3 Å². The first kappa shape index (κ1) is 20.7. The molecule has 0 bridgehead atoms. The highest BCUT2D eigenvalue weighted by Gasteiger charge is 2.19. The van der Waals surface area contributed by atoms with E-state index in [4.69, 9.17) is 9.47 Å². The number of amides is 1. The zero-order valence-corrected chi connectivity index (χ0v) is 17.7. The van der Waals surface area contributed by atoms with E-state index in [0.29, 0.717) is 23.2 Å². The van der Waals surface area contributed by atoms with Gasteiger partial charge in [-0.3, -0.25) is 9.36 Å². The molecule has 7 nitrogen and oxygen atoms in total. The van der Waals surface area contributed by atoms with Crippen molar-refractivity contribution in [3.8, 4) is 17.2 Å². The van der Waals surface area contributed by atoms with Crippen LogP contribution in [0.2, 0.25) is 0 Å². The van der Waals surface area contributed by atoms with Gasteiger partial charge in [0.25, 0.3) is 0 Å². The Balaban J connectivity index is 1.64. The van der Waals surface area contributed by atoms with Crippen LogP contribution in [0.4, 0.5) is 0 Å². The summed E-state index contributed by atoms with van der Waals surface area (Å²) < 4.78 is 12.4. The van der Waals surface area contributed by atoms with E-state index < -0.39 is 0 Å². The number of carbonyl (C=O) groups excluding carboxylic acids is 1. The summed E-state index contributed by atoms with van der Waals surface area (Å²) in [7, 11) is 3.18. The molecule has 0 spiro atoms. The molecule has 1 N–H and O–H groups in total. The van der Waals surface area contributed by atoms with Crippen molar-refractivity contribution in [2.75, 3.05) is 14.2 Å². The highest BCUT2D eigenvalue weighted by molar-refractivity contribution is 8.00. The second-order valence-corrected chi connectivity index (χ2v) is 7.75. The fourth-order valence-electron chi connectivity index (χ4n) is 2.84. The Morgan fingerprint density at radius 1 is 1.17 bits per heavy atom. The van der Waals surface area contributed by atoms with Gasteiger partial charge in [-0.1, -0.05) is 36.0 Å². The molecule has 0 radical (unpaired) electrons. The third-order valence-corrected chi connectivity index (χ3v) is 5.51. The van der Waals surface area contributed by atoms with Crippen LogP contribution >= 0.6 is 11.8 Å². The maximum atomic E-state index is 12.6. The van der Waals surface area contributed by atoms with Crippen molar-refractivity contribution in [2.24, 2.45) is 0 Å². The number of hydrogen-bond donors (Lipinski definition) is 1. The SMILES string of the molecule is COc1ccc(CNC(=O)C(C)Sc2nncn2-c2ccccc2C)cc1OC. The second kappa shape index (κ2) is 9.47. The molecule has 0 aliphatic rings. The van der Waals surface area contributed by atoms with Crippen LogP contribution in [0.1, 0.15) is 18.1 Å². The molecule has 0 saturated carbocycles. The monoisotopic (exact) mass is 412 g/mol. The molecule has 8 heteroatoms. The lowest BCUT2D eigenvalue weighted by molar-refractivity contribution is -0.120. The van der Waals surface area contributed by atoms with Gasteiger partial charge < -0.3 is 14.8 Å². The maximum absolute atomic E-state index is 12.6. The average molecular weight is 413 g/mol. The lowest BCUT2D eigenvalue weighted by Crippen LogP contribution is -2.30. The van der Waals surface area contributed by atoms with Gasteiger partial charge >= 0.3 is 0 Å². The Bertz CT molecular complexity index is 990. The quantitative estimate of drug-likeness (QED) is 0.572. The third-order valence-electron chi connectivity index (χ3n) is 4.46. The number of carbonyl (C=O) groups is 1. The maximum Gasteiger partial charge on any atom is 0.233 e. The Morgan fingerprint density at radius 3 is 2.66 bits per heavy atom. The highest BCUT2D eigenvalue weighted by Crippen LogP contribution is 2.28. The molecule has 0 aliphatic heterocycles. The van der Waals surface area contributed by atoms with Gasteiger partial charge in [-0.05, 0) is 43.2 Å². The number of nitrogens with one attached hydrogen (secondary N) is 1. The molecular weight excluding hydrogens is 388 g/mol. The minimum Gasteiger partial charge on any atom is -0.493 e. The van der Waals surface area contributed by atoms with Crippen LogP contribution in [0.5, 0.6) is 11.5 Å². The highest BCUT2D eigenvalue weighted by atomic mass is 32.2. The topological polar surface area (TPSA) is 78.3 Å². The summed E-state index contributed by atoms with van der Waals surface area (Å²) in [5, 5.41) is 11.5. The third kappa shape index (κ3) is 4.89. The van der Waals surface area contributed by atoms with E-state index in [1.807, 2.05) is 60.9 Å². The first-order valence-electron chi connectivity index (χ1n) is 9.14. The van der Waals surface area contributed by atoms with E-state index in [9.17, 15) is 4.79 Å². The number of methoxy groups -OCH3 is 2. The average Bonchev–Trinajstić information content (AvgIpc) is 3.19. The second-order valence-electron chi connectivity index (χ2n) is 6.44. The lowest BCUT2D eigenvalue weighted by atomic mass is 10.2. The molecule has 0 fully saturated rings. The number of hydrogen-bond acceptors (Lipinski definition) is 6. The van der Waals surface area contributed by atoms with Crippen LogP contribution in [0.25, 0.3) is 5.69 Å². The number of thioether (sulfide) groups is 1. The summed E-state index contributed by atoms with van der Waals surface area (Å²) in [4.78, 5) is 12.6. The van der Waals surface area contributed by atoms with Gasteiger partial charge in [0.1, 0.15) is 6.33 Å². The van der Waals surface area contributed by atoms with Gasteiger partial charge in [0.2, 0.25) is 5.91 Å². The molecule has 1 atom stereocenters. The smallest absolute Gasteiger partial charge is 0.233 e. The van der Waals surface area contributed by atoms with Gasteiger partial charge in [0, 0.05) is 6.54 Å². The number of rotatable bonds is 8. The molecule has 1 amide bonds. The van der Waals surface area contributed by atoms with Crippen molar-refractivity contribution in [3.05, 3.63) is 59.9 Å². The van der Waals surface area contributed by atoms with Crippen LogP contribution in [0, 0.1) is 6.92 Å². The zero-order chi connectivity index (χ0) is 20.8. The Kier molecular flexibility index (Phi) is 6.77. The number of aryl methyl sites for hydroxylation is 1. The van der Waals surface area contributed by atoms with Crippen LogP contribution in [0.3, 0.4) is 0 Å². The van der Waals surface area contributed by atoms with Gasteiger partial charge in [-0.15, -0.1) is 10.2 Å². The van der Waals surface area contributed by atoms with Crippen molar-refractivity contribution in [2.45, 2.75) is 30.8 Å². The number of para-hydroxylation sites is 1. The summed E-state index contributed by atoms with van der Waals surface area (Å²) >= 11 is 1.37. The summed E-state index contributed by atoms with van der Waals surface area (Å²) in [6.07, 6.45) is 1.67. The fourth-order valence-corrected chi connectivity index (χ4v) is 3.70. The lowest BCUT2D eigenvalue weighted by Gasteiger charge is -2.14. The molecule has 1 heterocycles. The normalized spacial score (nSPS) is 11.7. The number of ether oxygens (including phenoxy) is 2. The molecule has 0 saturated heterocycles. The van der Waals surface area contributed by atoms with E-state index in [-0.39, 0.29) is 11.2 Å². The van der Waals surface area contributed by atoms with Gasteiger partial charge in [0.15, 0.2) is 16.7 Å². The first-order chi connectivity index (χ1) is 14.0. The number of aromatic nitrogens is 3. The largest absolute Gasteiger partial charge is 0.493 e. The molecule has 0 aliphatic carbocycles. The number of benzene rings is 2. The van der Waals surface area contributed by atoms with Crippen molar-refractivity contribution in [3.63, 3.8) is 0 Å². The Hall–Kier alpha value is -3.00. The molecule has 2 aromatic carbocycles. The Morgan fingerprint density at radius 2 is 1.93 bits per heavy atom. The minimum atomic E-state index is -0.331. The molecule has 152 valence electrons. The summed E-state index contributed by atoms with van der Waals surface area (Å²) in [5.41, 5.74) is 3.04. The molecule has 1 unspecified atom stereocenters. The van der Waals surface area contributed by atoms with Crippen LogP contribution < -0.4 is 14.8 Å². The summed E-state index contributed by atoms with van der Waals surface area (Å²) in [6, 6.07) is 13.6. The van der Waals surface area contributed by atoms with Crippen LogP contribution in [-0.4, -0.2) is 40.1 Å². The minimum absolute atomic E-state index is 0.0795. The van der Waals surface area contributed by atoms with Crippen molar-refractivity contribution < 1.29 is 14.3 Å². The fraction of sp³-hybridized carbons (Fsp3) is 0.286. The van der Waals surface area contributed by atoms with Crippen LogP contribution in [0.15, 0.2) is 53.9 Å². The van der Waals surface area contributed by atoms with E-state index in [1.165, 1.54) is 11.8 Å². The standard InChI is InChI=1S/C21H24N4O3S/c1-14-7-5-6-8-17(14)25-13-23-24-21(25)29-15(2)20(26)22-12-16-9-10-18(27-3)19(11-16)28-4/h5-11,13,15H,12H2,1-4H3,(H,22,26). The molecular formula is C21H24N4O3S. The van der Waals surface area contributed by atoms with Gasteiger partial charge in [-0.25, -0.2) is 0 Å². The van der Waals surface area contributed by atoms with E-state index >= 15 is 0 Å². The first-order valence-corrected chi connectivity index (χ1v) is 10.0. The van der Waals surface area contributed by atoms with Crippen molar-refractivity contribution in [1.29, 1.82) is 0 Å². The van der Waals surface area contributed by atoms with Crippen molar-refractivity contribution >= 4 is 17.7 Å². The molecule has 3 rings (SSSR count). The van der Waals surface area contributed by atoms with E-state index in [2.05, 4.69) is 15.5 Å². The predicted molar refractivity (Wildman–Crippen MR) is 113 cm³/mol. The van der Waals surface area contributed by atoms with Gasteiger partial charge in [-0.2, -0.15) is 0 Å². The van der Waals surface area contributed by atoms with Gasteiger partial charge in [0.05, 0.1) is 25.2 Å². The van der Waals surface area contributed by atoms with E-state index in [1.54, 1.807) is 20.5 Å². The molecule has 3 aromatic rings. The van der Waals surface area contributed by atoms with Crippen molar-refractivity contribution in [1.82, 2.24) is 20.1 Å². The Labute approximate surface area is 174 Å². The predicted octanol–water partition coefficient (Wildman–Crippen LogP) is 3.39. The summed E-state index contributed by atoms with van der Waals surface area (Å²) in [5.74, 6) is 1.21. The molecule has 29 heavy (non-hydrogen) atoms. The summed E-state index contributed by atoms with van der Waals surface area (Å²) in [6.45, 7) is 4.28.